The molecule has 2 aromatic heterocycles. The molecule has 1 saturated heterocycles. The molecule has 182 valence electrons. The number of nitriles is 1. The number of hydrogen-bond donors (Lipinski definition) is 3. The van der Waals surface area contributed by atoms with Gasteiger partial charge >= 0.3 is 0 Å². The van der Waals surface area contributed by atoms with Crippen LogP contribution in [0.2, 0.25) is 0 Å². The predicted molar refractivity (Wildman–Crippen MR) is 135 cm³/mol. The van der Waals surface area contributed by atoms with Crippen molar-refractivity contribution in [3.05, 3.63) is 54.6 Å². The van der Waals surface area contributed by atoms with E-state index in [2.05, 4.69) is 30.9 Å². The van der Waals surface area contributed by atoms with E-state index in [1.165, 1.54) is 30.8 Å². The summed E-state index contributed by atoms with van der Waals surface area (Å²) in [6, 6.07) is 10.7. The molecule has 35 heavy (non-hydrogen) atoms. The number of pyridine rings is 1. The van der Waals surface area contributed by atoms with E-state index in [0.717, 1.165) is 49.3 Å². The van der Waals surface area contributed by atoms with Crippen molar-refractivity contribution in [2.24, 2.45) is 5.92 Å². The van der Waals surface area contributed by atoms with Gasteiger partial charge < -0.3 is 16.0 Å². The number of hydrogen-bond acceptors (Lipinski definition) is 9. The summed E-state index contributed by atoms with van der Waals surface area (Å²) < 4.78 is 26.1. The summed E-state index contributed by atoms with van der Waals surface area (Å²) in [5.74, 6) is 1.62. The molecule has 0 saturated carbocycles. The van der Waals surface area contributed by atoms with E-state index in [1.54, 1.807) is 30.5 Å². The first-order valence-electron chi connectivity index (χ1n) is 11.3. The van der Waals surface area contributed by atoms with Gasteiger partial charge in [0, 0.05) is 44.2 Å². The van der Waals surface area contributed by atoms with E-state index >= 15 is 0 Å². The molecule has 0 atom stereocenters. The zero-order valence-electron chi connectivity index (χ0n) is 19.7. The summed E-state index contributed by atoms with van der Waals surface area (Å²) in [5.41, 5.74) is 2.84. The van der Waals surface area contributed by atoms with Gasteiger partial charge in [-0.1, -0.05) is 12.1 Å². The van der Waals surface area contributed by atoms with E-state index in [1.807, 2.05) is 12.1 Å². The molecule has 4 rings (SSSR count). The number of anilines is 3. The average molecular weight is 493 g/mol. The number of nitrogens with one attached hydrogen (secondary N) is 3. The van der Waals surface area contributed by atoms with Gasteiger partial charge in [0.05, 0.1) is 17.3 Å². The summed E-state index contributed by atoms with van der Waals surface area (Å²) in [6.07, 6.45) is 6.85. The summed E-state index contributed by atoms with van der Waals surface area (Å²) in [5, 5.41) is 19.0. The van der Waals surface area contributed by atoms with Crippen molar-refractivity contribution in [2.75, 3.05) is 44.4 Å². The Labute approximate surface area is 205 Å². The van der Waals surface area contributed by atoms with Crippen molar-refractivity contribution < 1.29 is 8.42 Å². The molecule has 3 N–H and O–H groups in total. The van der Waals surface area contributed by atoms with E-state index in [-0.39, 0.29) is 10.6 Å². The second-order valence-electron chi connectivity index (χ2n) is 8.52. The normalized spacial score (nSPS) is 14.5. The molecule has 0 unspecified atom stereocenters. The zero-order valence-corrected chi connectivity index (χ0v) is 20.5. The molecule has 0 spiro atoms. The highest BCUT2D eigenvalue weighted by molar-refractivity contribution is 7.89. The Morgan fingerprint density at radius 1 is 1.06 bits per heavy atom. The highest BCUT2D eigenvalue weighted by atomic mass is 32.2. The molecule has 0 radical (unpaired) electrons. The summed E-state index contributed by atoms with van der Waals surface area (Å²) >= 11 is 0. The largest absolute Gasteiger partial charge is 0.384 e. The lowest BCUT2D eigenvalue weighted by molar-refractivity contribution is 0.390. The Bertz CT molecular complexity index is 1300. The van der Waals surface area contributed by atoms with E-state index < -0.39 is 10.0 Å². The molecular weight excluding hydrogens is 464 g/mol. The molecule has 1 aliphatic heterocycles. The molecule has 3 aromatic rings. The lowest BCUT2D eigenvalue weighted by atomic mass is 9.97. The molecule has 1 aliphatic rings. The SMILES string of the molecule is CN(C)S(=O)(=O)c1ccc(-c2cnc(Nc3cnc(C#N)cn3)cc2NCC2CCNCC2)cc1. The van der Waals surface area contributed by atoms with Crippen LogP contribution in [0.4, 0.5) is 17.3 Å². The number of piperidine rings is 1. The van der Waals surface area contributed by atoms with Gasteiger partial charge in [0.25, 0.3) is 0 Å². The highest BCUT2D eigenvalue weighted by Crippen LogP contribution is 2.31. The van der Waals surface area contributed by atoms with Crippen LogP contribution in [0.3, 0.4) is 0 Å². The van der Waals surface area contributed by atoms with Crippen LogP contribution in [-0.4, -0.2) is 61.4 Å². The fourth-order valence-electron chi connectivity index (χ4n) is 3.84. The van der Waals surface area contributed by atoms with Crippen LogP contribution in [0.5, 0.6) is 0 Å². The second kappa shape index (κ2) is 10.8. The fraction of sp³-hybridized carbons (Fsp3) is 0.333. The first-order chi connectivity index (χ1) is 16.9. The molecular formula is C24H28N8O2S. The highest BCUT2D eigenvalue weighted by Gasteiger charge is 2.18. The van der Waals surface area contributed by atoms with Gasteiger partial charge in [-0.05, 0) is 49.5 Å². The van der Waals surface area contributed by atoms with Crippen LogP contribution in [0.25, 0.3) is 11.1 Å². The number of rotatable bonds is 8. The molecule has 0 bridgehead atoms. The van der Waals surface area contributed by atoms with Crippen molar-refractivity contribution in [1.29, 1.82) is 5.26 Å². The van der Waals surface area contributed by atoms with Crippen LogP contribution in [0.1, 0.15) is 18.5 Å². The Morgan fingerprint density at radius 2 is 1.77 bits per heavy atom. The minimum atomic E-state index is -3.50. The quantitative estimate of drug-likeness (QED) is 0.433. The van der Waals surface area contributed by atoms with Crippen LogP contribution in [0, 0.1) is 17.2 Å². The predicted octanol–water partition coefficient (Wildman–Crippen LogP) is 2.82. The molecule has 1 fully saturated rings. The third-order valence-corrected chi connectivity index (χ3v) is 7.74. The number of benzene rings is 1. The lowest BCUT2D eigenvalue weighted by Crippen LogP contribution is -2.31. The lowest BCUT2D eigenvalue weighted by Gasteiger charge is -2.24. The second-order valence-corrected chi connectivity index (χ2v) is 10.7. The Balaban J connectivity index is 1.62. The van der Waals surface area contributed by atoms with Gasteiger partial charge in [-0.25, -0.2) is 27.7 Å². The fourth-order valence-corrected chi connectivity index (χ4v) is 4.74. The van der Waals surface area contributed by atoms with Crippen LogP contribution < -0.4 is 16.0 Å². The molecule has 0 amide bonds. The van der Waals surface area contributed by atoms with Gasteiger partial charge in [-0.2, -0.15) is 5.26 Å². The number of aromatic nitrogens is 3. The first-order valence-corrected chi connectivity index (χ1v) is 12.8. The Hall–Kier alpha value is -3.59. The third kappa shape index (κ3) is 5.92. The third-order valence-electron chi connectivity index (χ3n) is 5.91. The van der Waals surface area contributed by atoms with Crippen molar-refractivity contribution in [3.8, 4) is 17.2 Å². The average Bonchev–Trinajstić information content (AvgIpc) is 2.88. The van der Waals surface area contributed by atoms with Gasteiger partial charge in [-0.3, -0.25) is 0 Å². The van der Waals surface area contributed by atoms with Gasteiger partial charge in [0.1, 0.15) is 17.7 Å². The summed E-state index contributed by atoms with van der Waals surface area (Å²) in [4.78, 5) is 13.0. The van der Waals surface area contributed by atoms with Crippen LogP contribution >= 0.6 is 0 Å². The van der Waals surface area contributed by atoms with Gasteiger partial charge in [0.15, 0.2) is 5.69 Å². The minimum absolute atomic E-state index is 0.237. The van der Waals surface area contributed by atoms with E-state index in [9.17, 15) is 8.42 Å². The maximum Gasteiger partial charge on any atom is 0.242 e. The van der Waals surface area contributed by atoms with E-state index in [4.69, 9.17) is 5.26 Å². The van der Waals surface area contributed by atoms with Gasteiger partial charge in [0.2, 0.25) is 10.0 Å². The molecule has 10 nitrogen and oxygen atoms in total. The number of sulfonamides is 1. The van der Waals surface area contributed by atoms with E-state index in [0.29, 0.717) is 17.6 Å². The van der Waals surface area contributed by atoms with Crippen molar-refractivity contribution in [2.45, 2.75) is 17.7 Å². The molecule has 0 aliphatic carbocycles. The molecule has 3 heterocycles. The van der Waals surface area contributed by atoms with Crippen molar-refractivity contribution in [3.63, 3.8) is 0 Å². The topological polar surface area (TPSA) is 136 Å². The van der Waals surface area contributed by atoms with Gasteiger partial charge in [-0.15, -0.1) is 0 Å². The Morgan fingerprint density at radius 3 is 2.40 bits per heavy atom. The van der Waals surface area contributed by atoms with Crippen LogP contribution in [-0.2, 0) is 10.0 Å². The summed E-state index contributed by atoms with van der Waals surface area (Å²) in [6.45, 7) is 2.85. The first kappa shape index (κ1) is 24.5. The van der Waals surface area contributed by atoms with Crippen molar-refractivity contribution in [1.82, 2.24) is 24.6 Å². The summed E-state index contributed by atoms with van der Waals surface area (Å²) in [7, 11) is -0.476. The van der Waals surface area contributed by atoms with Crippen LogP contribution in [0.15, 0.2) is 53.8 Å². The molecule has 11 heteroatoms. The monoisotopic (exact) mass is 492 g/mol. The standard InChI is InChI=1S/C24H28N8O2S/c1-32(2)35(33,34)20-5-3-18(4-6-20)21-15-30-23(31-24-16-27-19(12-25)14-29-24)11-22(21)28-13-17-7-9-26-10-8-17/h3-6,11,14-17,26H,7-10,13H2,1-2H3,(H2,28,29,30,31). The van der Waals surface area contributed by atoms with Crippen molar-refractivity contribution >= 4 is 27.3 Å². The Kier molecular flexibility index (Phi) is 7.55. The zero-order chi connectivity index (χ0) is 24.8. The number of nitrogens with zero attached hydrogens (tertiary/aromatic N) is 5. The minimum Gasteiger partial charge on any atom is -0.384 e. The maximum absolute atomic E-state index is 12.4. The maximum atomic E-state index is 12.4. The smallest absolute Gasteiger partial charge is 0.242 e. The molecule has 1 aromatic carbocycles.